The van der Waals surface area contributed by atoms with Gasteiger partial charge < -0.3 is 4.90 Å². The van der Waals surface area contributed by atoms with E-state index in [1.165, 1.54) is 0 Å². The first-order chi connectivity index (χ1) is 10.4. The number of nitrogens with zero attached hydrogens (tertiary/aromatic N) is 3. The average molecular weight is 338 g/mol. The monoisotopic (exact) mass is 337 g/mol. The molecule has 1 aromatic heterocycles. The second-order valence-corrected chi connectivity index (χ2v) is 6.81. The van der Waals surface area contributed by atoms with E-state index in [4.69, 9.17) is 11.6 Å². The van der Waals surface area contributed by atoms with E-state index in [0.717, 1.165) is 5.75 Å². The summed E-state index contributed by atoms with van der Waals surface area (Å²) in [4.78, 5) is 19.4. The molecule has 0 unspecified atom stereocenters. The van der Waals surface area contributed by atoms with Crippen LogP contribution >= 0.6 is 23.4 Å². The molecule has 2 rings (SSSR count). The zero-order valence-corrected chi connectivity index (χ0v) is 14.6. The summed E-state index contributed by atoms with van der Waals surface area (Å²) in [6, 6.07) is 5.56. The smallest absolute Gasteiger partial charge is 0.262 e. The molecule has 0 bridgehead atoms. The van der Waals surface area contributed by atoms with Crippen LogP contribution in [0, 0.1) is 0 Å². The van der Waals surface area contributed by atoms with Crippen molar-refractivity contribution in [3.8, 4) is 0 Å². The van der Waals surface area contributed by atoms with E-state index in [2.05, 4.69) is 23.4 Å². The minimum absolute atomic E-state index is 0.0541. The summed E-state index contributed by atoms with van der Waals surface area (Å²) in [5.74, 6) is 0.850. The minimum Gasteiger partial charge on any atom is -0.306 e. The van der Waals surface area contributed by atoms with Crippen LogP contribution in [-0.2, 0) is 6.54 Å². The van der Waals surface area contributed by atoms with Gasteiger partial charge in [-0.05, 0) is 39.2 Å². The first-order valence-corrected chi connectivity index (χ1v) is 8.40. The summed E-state index contributed by atoms with van der Waals surface area (Å²) < 4.78 is 1.66. The lowest BCUT2D eigenvalue weighted by Crippen LogP contribution is -2.28. The zero-order chi connectivity index (χ0) is 16.3. The molecule has 1 heterocycles. The van der Waals surface area contributed by atoms with Crippen LogP contribution in [0.4, 0.5) is 0 Å². The van der Waals surface area contributed by atoms with Gasteiger partial charge in [0.2, 0.25) is 0 Å². The summed E-state index contributed by atoms with van der Waals surface area (Å²) in [7, 11) is 4.07. The molecule has 0 spiro atoms. The van der Waals surface area contributed by atoms with E-state index in [1.54, 1.807) is 40.6 Å². The van der Waals surface area contributed by atoms with E-state index >= 15 is 0 Å². The number of benzene rings is 1. The van der Waals surface area contributed by atoms with Gasteiger partial charge in [-0.25, -0.2) is 4.98 Å². The fourth-order valence-corrected chi connectivity index (χ4v) is 3.25. The number of hydrogen-bond acceptors (Lipinski definition) is 4. The summed E-state index contributed by atoms with van der Waals surface area (Å²) in [6.07, 6.45) is 1.71. The Labute approximate surface area is 139 Å². The third kappa shape index (κ3) is 3.72. The Balaban J connectivity index is 2.48. The lowest BCUT2D eigenvalue weighted by atomic mass is 10.2. The molecular formula is C16H20ClN3OS. The van der Waals surface area contributed by atoms with Gasteiger partial charge in [0.15, 0.2) is 5.16 Å². The molecule has 1 atom stereocenters. The van der Waals surface area contributed by atoms with Crippen LogP contribution in [0.25, 0.3) is 10.9 Å². The molecule has 0 saturated carbocycles. The lowest BCUT2D eigenvalue weighted by molar-refractivity contribution is 0.340. The second kappa shape index (κ2) is 7.31. The van der Waals surface area contributed by atoms with E-state index < -0.39 is 0 Å². The molecular weight excluding hydrogens is 318 g/mol. The predicted octanol–water partition coefficient (Wildman–Crippen LogP) is 3.28. The highest BCUT2D eigenvalue weighted by atomic mass is 35.5. The Morgan fingerprint density at radius 3 is 2.86 bits per heavy atom. The highest BCUT2D eigenvalue weighted by Crippen LogP contribution is 2.21. The number of fused-ring (bicyclic) bond motifs is 1. The van der Waals surface area contributed by atoms with Gasteiger partial charge in [-0.1, -0.05) is 29.4 Å². The van der Waals surface area contributed by atoms with Crippen molar-refractivity contribution >= 4 is 34.3 Å². The van der Waals surface area contributed by atoms with Crippen molar-refractivity contribution < 1.29 is 0 Å². The molecule has 22 heavy (non-hydrogen) atoms. The fourth-order valence-electron chi connectivity index (χ4n) is 1.92. The highest BCUT2D eigenvalue weighted by Gasteiger charge is 2.13. The van der Waals surface area contributed by atoms with Crippen LogP contribution in [-0.4, -0.2) is 40.3 Å². The van der Waals surface area contributed by atoms with Gasteiger partial charge in [-0.2, -0.15) is 0 Å². The van der Waals surface area contributed by atoms with Crippen LogP contribution in [0.3, 0.4) is 0 Å². The zero-order valence-electron chi connectivity index (χ0n) is 13.0. The van der Waals surface area contributed by atoms with Gasteiger partial charge in [0.25, 0.3) is 5.56 Å². The number of aromatic nitrogens is 2. The second-order valence-electron chi connectivity index (χ2n) is 5.38. The highest BCUT2D eigenvalue weighted by molar-refractivity contribution is 7.99. The van der Waals surface area contributed by atoms with Crippen molar-refractivity contribution in [3.05, 3.63) is 46.2 Å². The summed E-state index contributed by atoms with van der Waals surface area (Å²) in [5.41, 5.74) is 0.583. The maximum absolute atomic E-state index is 12.6. The number of halogens is 1. The van der Waals surface area contributed by atoms with Crippen LogP contribution < -0.4 is 5.56 Å². The van der Waals surface area contributed by atoms with Crippen LogP contribution in [0.1, 0.15) is 6.92 Å². The molecule has 0 saturated heterocycles. The first kappa shape index (κ1) is 17.1. The maximum Gasteiger partial charge on any atom is 0.262 e. The van der Waals surface area contributed by atoms with Crippen LogP contribution in [0.15, 0.2) is 40.8 Å². The van der Waals surface area contributed by atoms with Crippen molar-refractivity contribution in [1.82, 2.24) is 14.5 Å². The van der Waals surface area contributed by atoms with E-state index in [-0.39, 0.29) is 5.56 Å². The Kier molecular flexibility index (Phi) is 5.67. The van der Waals surface area contributed by atoms with E-state index in [9.17, 15) is 4.79 Å². The molecule has 0 aliphatic rings. The molecule has 118 valence electrons. The molecule has 0 N–H and O–H groups in total. The SMILES string of the molecule is C=CCn1c(SC[C@@H](C)N(C)C)nc2cc(Cl)ccc2c1=O. The van der Waals surface area contributed by atoms with Crippen molar-refractivity contribution in [2.45, 2.75) is 24.7 Å². The molecule has 0 aliphatic heterocycles. The number of thioether (sulfide) groups is 1. The number of rotatable bonds is 6. The first-order valence-electron chi connectivity index (χ1n) is 7.04. The molecule has 0 fully saturated rings. The van der Waals surface area contributed by atoms with E-state index in [0.29, 0.717) is 33.7 Å². The molecule has 1 aromatic carbocycles. The molecule has 0 aliphatic carbocycles. The third-order valence-electron chi connectivity index (χ3n) is 3.53. The van der Waals surface area contributed by atoms with Crippen LogP contribution in [0.5, 0.6) is 0 Å². The summed E-state index contributed by atoms with van der Waals surface area (Å²) in [5, 5.41) is 1.86. The van der Waals surface area contributed by atoms with Gasteiger partial charge in [-0.15, -0.1) is 6.58 Å². The Morgan fingerprint density at radius 2 is 2.23 bits per heavy atom. The summed E-state index contributed by atoms with van der Waals surface area (Å²) in [6.45, 7) is 6.32. The normalized spacial score (nSPS) is 12.8. The van der Waals surface area contributed by atoms with Gasteiger partial charge in [0, 0.05) is 23.4 Å². The quantitative estimate of drug-likeness (QED) is 0.460. The molecule has 0 radical (unpaired) electrons. The van der Waals surface area contributed by atoms with E-state index in [1.807, 2.05) is 14.1 Å². The average Bonchev–Trinajstić information content (AvgIpc) is 2.47. The Hall–Kier alpha value is -1.30. The van der Waals surface area contributed by atoms with Crippen molar-refractivity contribution in [1.29, 1.82) is 0 Å². The Morgan fingerprint density at radius 1 is 1.50 bits per heavy atom. The minimum atomic E-state index is -0.0541. The number of allylic oxidation sites excluding steroid dienone is 1. The van der Waals surface area contributed by atoms with Crippen LogP contribution in [0.2, 0.25) is 5.02 Å². The van der Waals surface area contributed by atoms with Gasteiger partial charge in [0.1, 0.15) is 0 Å². The fraction of sp³-hybridized carbons (Fsp3) is 0.375. The molecule has 4 nitrogen and oxygen atoms in total. The Bertz CT molecular complexity index is 742. The molecule has 6 heteroatoms. The molecule has 2 aromatic rings. The predicted molar refractivity (Wildman–Crippen MR) is 95.1 cm³/mol. The van der Waals surface area contributed by atoms with Crippen molar-refractivity contribution in [2.24, 2.45) is 0 Å². The van der Waals surface area contributed by atoms with Crippen molar-refractivity contribution in [3.63, 3.8) is 0 Å². The maximum atomic E-state index is 12.6. The lowest BCUT2D eigenvalue weighted by Gasteiger charge is -2.19. The summed E-state index contributed by atoms with van der Waals surface area (Å²) >= 11 is 7.59. The standard InChI is InChI=1S/C16H20ClN3OS/c1-5-8-20-15(21)13-7-6-12(17)9-14(13)18-16(20)22-10-11(2)19(3)4/h5-7,9,11H,1,8,10H2,2-4H3/t11-/m1/s1. The van der Waals surface area contributed by atoms with Crippen molar-refractivity contribution in [2.75, 3.05) is 19.8 Å². The third-order valence-corrected chi connectivity index (χ3v) is 4.98. The molecule has 0 amide bonds. The van der Waals surface area contributed by atoms with Gasteiger partial charge in [0.05, 0.1) is 10.9 Å². The van der Waals surface area contributed by atoms with Gasteiger partial charge >= 0.3 is 0 Å². The topological polar surface area (TPSA) is 38.1 Å². The number of hydrogen-bond donors (Lipinski definition) is 0. The largest absolute Gasteiger partial charge is 0.306 e. The van der Waals surface area contributed by atoms with Gasteiger partial charge in [-0.3, -0.25) is 9.36 Å².